The number of aromatic hydroxyl groups is 1. The molecule has 3 N–H and O–H groups in total. The van der Waals surface area contributed by atoms with Crippen molar-refractivity contribution in [2.45, 2.75) is 38.4 Å². The number of benzene rings is 1. The van der Waals surface area contributed by atoms with Crippen LogP contribution in [0.25, 0.3) is 0 Å². The van der Waals surface area contributed by atoms with Crippen molar-refractivity contribution < 1.29 is 34.7 Å². The Hall–Kier alpha value is -2.61. The van der Waals surface area contributed by atoms with Crippen LogP contribution in [0.3, 0.4) is 0 Å². The molecule has 26 heavy (non-hydrogen) atoms. The van der Waals surface area contributed by atoms with Gasteiger partial charge in [-0.15, -0.1) is 0 Å². The van der Waals surface area contributed by atoms with Crippen molar-refractivity contribution in [2.24, 2.45) is 11.8 Å². The first kappa shape index (κ1) is 18.2. The normalized spacial score (nSPS) is 30.8. The molecule has 0 aliphatic carbocycles. The summed E-state index contributed by atoms with van der Waals surface area (Å²) in [7, 11) is 1.40. The van der Waals surface area contributed by atoms with Crippen molar-refractivity contribution in [3.63, 3.8) is 0 Å². The second-order valence-corrected chi connectivity index (χ2v) is 7.30. The van der Waals surface area contributed by atoms with E-state index in [-0.39, 0.29) is 17.5 Å². The zero-order valence-corrected chi connectivity index (χ0v) is 15.1. The third-order valence-corrected chi connectivity index (χ3v) is 5.51. The molecule has 2 heterocycles. The molecule has 2 aliphatic rings. The van der Waals surface area contributed by atoms with Crippen LogP contribution in [-0.4, -0.2) is 46.5 Å². The number of hydrogen-bond acceptors (Lipinski definition) is 6. The van der Waals surface area contributed by atoms with E-state index in [2.05, 4.69) is 0 Å². The zero-order valence-electron chi connectivity index (χ0n) is 15.1. The highest BCUT2D eigenvalue weighted by molar-refractivity contribution is 6.08. The highest BCUT2D eigenvalue weighted by Crippen LogP contribution is 2.47. The predicted molar refractivity (Wildman–Crippen MR) is 86.7 cm³/mol. The van der Waals surface area contributed by atoms with Crippen LogP contribution in [0.2, 0.25) is 0 Å². The van der Waals surface area contributed by atoms with E-state index in [0.717, 1.165) is 4.90 Å². The van der Waals surface area contributed by atoms with Gasteiger partial charge in [0.15, 0.2) is 11.5 Å². The maximum Gasteiger partial charge on any atom is 0.240 e. The van der Waals surface area contributed by atoms with E-state index in [1.54, 1.807) is 32.0 Å². The molecular weight excluding hydrogens is 340 g/mol. The number of nitrogens with two attached hydrogens (primary N) is 1. The molecule has 8 nitrogen and oxygen atoms in total. The number of aliphatic carboxylic acids is 1. The maximum atomic E-state index is 13.0. The van der Waals surface area contributed by atoms with E-state index in [0.29, 0.717) is 5.56 Å². The number of likely N-dealkylation sites (tertiary alicyclic amines) is 1. The summed E-state index contributed by atoms with van der Waals surface area (Å²) in [6.07, 6.45) is 0. The van der Waals surface area contributed by atoms with Crippen molar-refractivity contribution in [3.8, 4) is 11.5 Å². The van der Waals surface area contributed by atoms with E-state index in [4.69, 9.17) is 4.74 Å². The number of carboxylic acid groups (broad SMARTS) is 1. The third-order valence-electron chi connectivity index (χ3n) is 5.51. The van der Waals surface area contributed by atoms with Gasteiger partial charge in [-0.2, -0.15) is 0 Å². The zero-order chi connectivity index (χ0) is 19.4. The van der Waals surface area contributed by atoms with E-state index < -0.39 is 41.2 Å². The van der Waals surface area contributed by atoms with Crippen molar-refractivity contribution >= 4 is 17.8 Å². The Balaban J connectivity index is 2.16. The van der Waals surface area contributed by atoms with Crippen LogP contribution in [0.1, 0.15) is 32.4 Å². The molecule has 8 heteroatoms. The number of nitrogens with zero attached hydrogens (tertiary/aromatic N) is 1. The molecule has 2 saturated heterocycles. The van der Waals surface area contributed by atoms with Gasteiger partial charge in [0, 0.05) is 6.04 Å². The van der Waals surface area contributed by atoms with Crippen LogP contribution in [0, 0.1) is 11.8 Å². The number of amides is 2. The van der Waals surface area contributed by atoms with Crippen LogP contribution in [0.5, 0.6) is 11.5 Å². The molecule has 1 aromatic rings. The quantitative estimate of drug-likeness (QED) is 0.631. The standard InChI is InChI=1S/C18H22N2O6/c1-8(2)20-15(22)11-12(16(20)23)18(3,17(24)25)19-13(11)9-6-5-7-10(26-4)14(9)21/h5-8,11-13,19,21H,1-4H3,(H,24,25)/t11-,12+,13+,18+/m0/s1. The average molecular weight is 362 g/mol. The van der Waals surface area contributed by atoms with Gasteiger partial charge in [0.2, 0.25) is 11.8 Å². The molecule has 0 unspecified atom stereocenters. The van der Waals surface area contributed by atoms with E-state index >= 15 is 0 Å². The first-order valence-electron chi connectivity index (χ1n) is 8.45. The topological polar surface area (TPSA) is 124 Å². The van der Waals surface area contributed by atoms with Crippen LogP contribution < -0.4 is 15.2 Å². The lowest BCUT2D eigenvalue weighted by atomic mass is 9.80. The number of phenolic OH excluding ortho intramolecular Hbond substituents is 1. The number of methoxy groups -OCH3 is 1. The smallest absolute Gasteiger partial charge is 0.240 e. The summed E-state index contributed by atoms with van der Waals surface area (Å²) in [4.78, 5) is 38.8. The first-order valence-corrected chi connectivity index (χ1v) is 8.45. The molecule has 1 aromatic carbocycles. The highest BCUT2D eigenvalue weighted by Gasteiger charge is 2.68. The number of hydrogen-bond donors (Lipinski definition) is 2. The van der Waals surface area contributed by atoms with Crippen molar-refractivity contribution in [1.29, 1.82) is 0 Å². The summed E-state index contributed by atoms with van der Waals surface area (Å²) in [5.41, 5.74) is -1.25. The largest absolute Gasteiger partial charge is 0.544 e. The number of carboxylic acids is 1. The summed E-state index contributed by atoms with van der Waals surface area (Å²) in [6.45, 7) is 4.80. The van der Waals surface area contributed by atoms with Gasteiger partial charge in [0.1, 0.15) is 29.4 Å². The van der Waals surface area contributed by atoms with Crippen LogP contribution in [0.4, 0.5) is 0 Å². The molecule has 2 aliphatic heterocycles. The minimum absolute atomic E-state index is 0.166. The summed E-state index contributed by atoms with van der Waals surface area (Å²) in [6, 6.07) is 3.69. The Morgan fingerprint density at radius 1 is 1.35 bits per heavy atom. The summed E-state index contributed by atoms with van der Waals surface area (Å²) >= 11 is 0. The number of quaternary nitrogens is 1. The van der Waals surface area contributed by atoms with Crippen molar-refractivity contribution in [3.05, 3.63) is 23.8 Å². The van der Waals surface area contributed by atoms with Gasteiger partial charge in [0.05, 0.1) is 12.7 Å². The third kappa shape index (κ3) is 2.28. The second kappa shape index (κ2) is 5.98. The Kier molecular flexibility index (Phi) is 4.18. The van der Waals surface area contributed by atoms with Gasteiger partial charge < -0.3 is 25.1 Å². The molecule has 0 radical (unpaired) electrons. The van der Waals surface area contributed by atoms with Gasteiger partial charge >= 0.3 is 0 Å². The second-order valence-electron chi connectivity index (χ2n) is 7.30. The summed E-state index contributed by atoms with van der Waals surface area (Å²) in [5, 5.41) is 23.8. The predicted octanol–water partition coefficient (Wildman–Crippen LogP) is -1.46. The fourth-order valence-corrected chi connectivity index (χ4v) is 4.25. The Morgan fingerprint density at radius 3 is 2.54 bits per heavy atom. The molecular formula is C18H22N2O6. The molecule has 2 amide bonds. The minimum atomic E-state index is -1.61. The Labute approximate surface area is 150 Å². The Bertz CT molecular complexity index is 792. The minimum Gasteiger partial charge on any atom is -0.544 e. The molecule has 0 saturated carbocycles. The highest BCUT2D eigenvalue weighted by atomic mass is 16.5. The van der Waals surface area contributed by atoms with Gasteiger partial charge in [-0.25, -0.2) is 0 Å². The molecule has 0 spiro atoms. The van der Waals surface area contributed by atoms with Gasteiger partial charge in [-0.1, -0.05) is 6.07 Å². The van der Waals surface area contributed by atoms with E-state index in [1.165, 1.54) is 19.4 Å². The fraction of sp³-hybridized carbons (Fsp3) is 0.500. The lowest BCUT2D eigenvalue weighted by Gasteiger charge is -2.30. The molecule has 140 valence electrons. The molecule has 2 fully saturated rings. The monoisotopic (exact) mass is 362 g/mol. The van der Waals surface area contributed by atoms with Gasteiger partial charge in [0.25, 0.3) is 0 Å². The maximum absolute atomic E-state index is 13.0. The molecule has 4 atom stereocenters. The molecule has 0 aromatic heterocycles. The van der Waals surface area contributed by atoms with Crippen molar-refractivity contribution in [1.82, 2.24) is 4.90 Å². The average Bonchev–Trinajstić information content (AvgIpc) is 3.02. The lowest BCUT2D eigenvalue weighted by Crippen LogP contribution is -2.98. The molecule has 0 bridgehead atoms. The van der Waals surface area contributed by atoms with Gasteiger partial charge in [-0.3, -0.25) is 14.5 Å². The molecule has 3 rings (SSSR count). The van der Waals surface area contributed by atoms with Crippen LogP contribution >= 0.6 is 0 Å². The van der Waals surface area contributed by atoms with Crippen LogP contribution in [-0.2, 0) is 14.4 Å². The number of phenols is 1. The summed E-state index contributed by atoms with van der Waals surface area (Å²) in [5.74, 6) is -4.26. The number of fused-ring (bicyclic) bond motifs is 1. The van der Waals surface area contributed by atoms with Crippen LogP contribution in [0.15, 0.2) is 18.2 Å². The number of imide groups is 1. The van der Waals surface area contributed by atoms with E-state index in [1.807, 2.05) is 0 Å². The number of rotatable bonds is 4. The van der Waals surface area contributed by atoms with Crippen molar-refractivity contribution in [2.75, 3.05) is 7.11 Å². The number of para-hydroxylation sites is 1. The van der Waals surface area contributed by atoms with Gasteiger partial charge in [-0.05, 0) is 32.9 Å². The van der Waals surface area contributed by atoms with E-state index in [9.17, 15) is 24.6 Å². The lowest BCUT2D eigenvalue weighted by molar-refractivity contribution is -0.735. The SMILES string of the molecule is COc1cccc([C@H]2[NH2+][C@@](C)(C(=O)[O-])[C@H]3C(=O)N(C(C)C)C(=O)[C@H]23)c1O. The number of carbonyl (C=O) groups is 3. The Morgan fingerprint density at radius 2 is 2.00 bits per heavy atom. The summed E-state index contributed by atoms with van der Waals surface area (Å²) < 4.78 is 5.11. The number of carbonyl (C=O) groups excluding carboxylic acids is 3. The fourth-order valence-electron chi connectivity index (χ4n) is 4.25. The number of ether oxygens (including phenoxy) is 1. The first-order chi connectivity index (χ1) is 12.1.